The van der Waals surface area contributed by atoms with Crippen molar-refractivity contribution in [3.8, 4) is 0 Å². The van der Waals surface area contributed by atoms with Gasteiger partial charge in [-0.15, -0.1) is 0 Å². The average Bonchev–Trinajstić information content (AvgIpc) is 1.94. The van der Waals surface area contributed by atoms with E-state index in [2.05, 4.69) is 13.8 Å². The van der Waals surface area contributed by atoms with Crippen LogP contribution in [0.5, 0.6) is 0 Å². The van der Waals surface area contributed by atoms with Gasteiger partial charge in [-0.2, -0.15) is 0 Å². The number of hydrogen-bond donors (Lipinski definition) is 1. The Balaban J connectivity index is 2.66. The van der Waals surface area contributed by atoms with E-state index >= 15 is 0 Å². The molecule has 0 aromatic heterocycles. The molecule has 70 valence electrons. The zero-order valence-electron chi connectivity index (χ0n) is 8.00. The van der Waals surface area contributed by atoms with Crippen molar-refractivity contribution in [2.75, 3.05) is 13.6 Å². The summed E-state index contributed by atoms with van der Waals surface area (Å²) in [6, 6.07) is -0.284. The number of rotatable bonds is 1. The lowest BCUT2D eigenvalue weighted by atomic mass is 9.79. The van der Waals surface area contributed by atoms with Gasteiger partial charge in [-0.1, -0.05) is 13.8 Å². The van der Waals surface area contributed by atoms with E-state index in [1.807, 2.05) is 11.9 Å². The molecule has 0 aromatic carbocycles. The van der Waals surface area contributed by atoms with Gasteiger partial charge >= 0.3 is 5.97 Å². The fraction of sp³-hybridized carbons (Fsp3) is 0.889. The van der Waals surface area contributed by atoms with Gasteiger partial charge in [0.1, 0.15) is 6.04 Å². The fourth-order valence-electron chi connectivity index (χ4n) is 1.69. The molecular weight excluding hydrogens is 154 g/mol. The molecule has 1 aliphatic heterocycles. The zero-order chi connectivity index (χ0) is 9.35. The first-order valence-electron chi connectivity index (χ1n) is 4.35. The van der Waals surface area contributed by atoms with Gasteiger partial charge in [-0.3, -0.25) is 9.69 Å². The van der Waals surface area contributed by atoms with Gasteiger partial charge < -0.3 is 5.11 Å². The van der Waals surface area contributed by atoms with Crippen LogP contribution in [-0.2, 0) is 4.79 Å². The van der Waals surface area contributed by atoms with E-state index in [0.717, 1.165) is 19.4 Å². The molecule has 1 rings (SSSR count). The number of carbonyl (C=O) groups is 1. The second kappa shape index (κ2) is 3.05. The van der Waals surface area contributed by atoms with Gasteiger partial charge in [0.2, 0.25) is 0 Å². The molecule has 12 heavy (non-hydrogen) atoms. The molecule has 3 heteroatoms. The van der Waals surface area contributed by atoms with E-state index in [0.29, 0.717) is 0 Å². The highest BCUT2D eigenvalue weighted by Crippen LogP contribution is 2.32. The minimum atomic E-state index is -0.690. The fourth-order valence-corrected chi connectivity index (χ4v) is 1.69. The van der Waals surface area contributed by atoms with Crippen LogP contribution in [0.1, 0.15) is 26.7 Å². The number of carboxylic acid groups (broad SMARTS) is 1. The van der Waals surface area contributed by atoms with E-state index in [9.17, 15) is 4.79 Å². The zero-order valence-corrected chi connectivity index (χ0v) is 8.00. The van der Waals surface area contributed by atoms with Gasteiger partial charge in [0.15, 0.2) is 0 Å². The summed E-state index contributed by atoms with van der Waals surface area (Å²) < 4.78 is 0. The standard InChI is InChI=1S/C9H17NO2/c1-9(2)4-5-10(3)7(6-9)8(11)12/h7H,4-6H2,1-3H3,(H,11,12)/t7-/m1/s1. The van der Waals surface area contributed by atoms with Crippen LogP contribution in [0.15, 0.2) is 0 Å². The van der Waals surface area contributed by atoms with Crippen molar-refractivity contribution in [3.63, 3.8) is 0 Å². The monoisotopic (exact) mass is 171 g/mol. The van der Waals surface area contributed by atoms with Crippen molar-refractivity contribution in [2.45, 2.75) is 32.7 Å². The Kier molecular flexibility index (Phi) is 2.42. The molecule has 3 nitrogen and oxygen atoms in total. The molecule has 0 spiro atoms. The first kappa shape index (κ1) is 9.52. The topological polar surface area (TPSA) is 40.5 Å². The maximum absolute atomic E-state index is 10.8. The maximum Gasteiger partial charge on any atom is 0.320 e. The average molecular weight is 171 g/mol. The lowest BCUT2D eigenvalue weighted by molar-refractivity contribution is -0.145. The number of likely N-dealkylation sites (N-methyl/N-ethyl adjacent to an activating group) is 1. The first-order chi connectivity index (χ1) is 5.42. The molecular formula is C9H17NO2. The largest absolute Gasteiger partial charge is 0.480 e. The molecule has 1 fully saturated rings. The summed E-state index contributed by atoms with van der Waals surface area (Å²) >= 11 is 0. The molecule has 0 radical (unpaired) electrons. The third-order valence-electron chi connectivity index (χ3n) is 2.70. The molecule has 1 heterocycles. The van der Waals surface area contributed by atoms with Crippen LogP contribution < -0.4 is 0 Å². The van der Waals surface area contributed by atoms with Gasteiger partial charge in [0.25, 0.3) is 0 Å². The van der Waals surface area contributed by atoms with Crippen molar-refractivity contribution in [2.24, 2.45) is 5.41 Å². The smallest absolute Gasteiger partial charge is 0.320 e. The Morgan fingerprint density at radius 2 is 2.17 bits per heavy atom. The first-order valence-corrected chi connectivity index (χ1v) is 4.35. The predicted octanol–water partition coefficient (Wildman–Crippen LogP) is 1.19. The summed E-state index contributed by atoms with van der Waals surface area (Å²) in [4.78, 5) is 12.7. The minimum absolute atomic E-state index is 0.190. The second-order valence-corrected chi connectivity index (χ2v) is 4.45. The maximum atomic E-state index is 10.8. The SMILES string of the molecule is CN1CCC(C)(C)C[C@@H]1C(=O)O. The van der Waals surface area contributed by atoms with Crippen LogP contribution >= 0.6 is 0 Å². The van der Waals surface area contributed by atoms with Crippen molar-refractivity contribution in [1.82, 2.24) is 4.90 Å². The third-order valence-corrected chi connectivity index (χ3v) is 2.70. The number of aliphatic carboxylic acids is 1. The van der Waals surface area contributed by atoms with E-state index in [-0.39, 0.29) is 11.5 Å². The Bertz CT molecular complexity index is 189. The summed E-state index contributed by atoms with van der Waals surface area (Å²) in [5.74, 6) is -0.690. The Morgan fingerprint density at radius 3 is 2.58 bits per heavy atom. The molecule has 1 saturated heterocycles. The lowest BCUT2D eigenvalue weighted by Gasteiger charge is -2.39. The van der Waals surface area contributed by atoms with Gasteiger partial charge in [0.05, 0.1) is 0 Å². The summed E-state index contributed by atoms with van der Waals surface area (Å²) in [7, 11) is 1.88. The number of carboxylic acids is 1. The van der Waals surface area contributed by atoms with Gasteiger partial charge in [-0.25, -0.2) is 0 Å². The number of piperidine rings is 1. The number of likely N-dealkylation sites (tertiary alicyclic amines) is 1. The second-order valence-electron chi connectivity index (χ2n) is 4.45. The highest BCUT2D eigenvalue weighted by atomic mass is 16.4. The Hall–Kier alpha value is -0.570. The van der Waals surface area contributed by atoms with E-state index in [4.69, 9.17) is 5.11 Å². The molecule has 1 atom stereocenters. The molecule has 0 aromatic rings. The van der Waals surface area contributed by atoms with Gasteiger partial charge in [-0.05, 0) is 31.8 Å². The van der Waals surface area contributed by atoms with Crippen LogP contribution in [0.3, 0.4) is 0 Å². The molecule has 0 amide bonds. The Morgan fingerprint density at radius 1 is 1.58 bits per heavy atom. The molecule has 0 aliphatic carbocycles. The summed E-state index contributed by atoms with van der Waals surface area (Å²) in [5.41, 5.74) is 0.190. The summed E-state index contributed by atoms with van der Waals surface area (Å²) in [6.45, 7) is 5.16. The lowest BCUT2D eigenvalue weighted by Crippen LogP contribution is -2.47. The van der Waals surface area contributed by atoms with Crippen molar-refractivity contribution in [3.05, 3.63) is 0 Å². The summed E-state index contributed by atoms with van der Waals surface area (Å²) in [5, 5.41) is 8.90. The normalized spacial score (nSPS) is 30.1. The van der Waals surface area contributed by atoms with Crippen LogP contribution in [0, 0.1) is 5.41 Å². The van der Waals surface area contributed by atoms with Crippen LogP contribution in [-0.4, -0.2) is 35.6 Å². The van der Waals surface area contributed by atoms with E-state index < -0.39 is 5.97 Å². The highest BCUT2D eigenvalue weighted by Gasteiger charge is 2.35. The van der Waals surface area contributed by atoms with Crippen LogP contribution in [0.4, 0.5) is 0 Å². The van der Waals surface area contributed by atoms with E-state index in [1.54, 1.807) is 0 Å². The van der Waals surface area contributed by atoms with Crippen LogP contribution in [0.25, 0.3) is 0 Å². The molecule has 0 unspecified atom stereocenters. The van der Waals surface area contributed by atoms with Crippen molar-refractivity contribution >= 4 is 5.97 Å². The van der Waals surface area contributed by atoms with E-state index in [1.165, 1.54) is 0 Å². The molecule has 0 bridgehead atoms. The van der Waals surface area contributed by atoms with Crippen molar-refractivity contribution < 1.29 is 9.90 Å². The third kappa shape index (κ3) is 1.97. The quantitative estimate of drug-likeness (QED) is 0.644. The molecule has 1 aliphatic rings. The predicted molar refractivity (Wildman–Crippen MR) is 47.1 cm³/mol. The summed E-state index contributed by atoms with van der Waals surface area (Å²) in [6.07, 6.45) is 1.85. The molecule has 0 saturated carbocycles. The number of hydrogen-bond acceptors (Lipinski definition) is 2. The van der Waals surface area contributed by atoms with Crippen LogP contribution in [0.2, 0.25) is 0 Å². The number of nitrogens with zero attached hydrogens (tertiary/aromatic N) is 1. The Labute approximate surface area is 73.4 Å². The highest BCUT2D eigenvalue weighted by molar-refractivity contribution is 5.73. The van der Waals surface area contributed by atoms with Gasteiger partial charge in [0, 0.05) is 0 Å². The molecule has 1 N–H and O–H groups in total. The minimum Gasteiger partial charge on any atom is -0.480 e. The van der Waals surface area contributed by atoms with Crippen molar-refractivity contribution in [1.29, 1.82) is 0 Å².